The van der Waals surface area contributed by atoms with Crippen LogP contribution >= 0.6 is 0 Å². The van der Waals surface area contributed by atoms with Gasteiger partial charge < -0.3 is 11.5 Å². The molecule has 0 amide bonds. The lowest BCUT2D eigenvalue weighted by molar-refractivity contribution is 0.488. The fourth-order valence-corrected chi connectivity index (χ4v) is 1.27. The minimum atomic E-state index is 0.563. The van der Waals surface area contributed by atoms with Gasteiger partial charge in [0.1, 0.15) is 5.82 Å². The van der Waals surface area contributed by atoms with Gasteiger partial charge in [-0.05, 0) is 18.9 Å². The van der Waals surface area contributed by atoms with Gasteiger partial charge in [-0.1, -0.05) is 13.8 Å². The van der Waals surface area contributed by atoms with E-state index in [1.165, 1.54) is 0 Å². The smallest absolute Gasteiger partial charge is 0.124 e. The van der Waals surface area contributed by atoms with E-state index in [1.807, 2.05) is 10.9 Å². The van der Waals surface area contributed by atoms with Crippen LogP contribution in [0.5, 0.6) is 0 Å². The number of nitrogens with zero attached hydrogens (tertiary/aromatic N) is 2. The van der Waals surface area contributed by atoms with E-state index < -0.39 is 0 Å². The van der Waals surface area contributed by atoms with E-state index in [2.05, 4.69) is 18.9 Å². The van der Waals surface area contributed by atoms with Gasteiger partial charge in [-0.25, -0.2) is 4.68 Å². The Labute approximate surface area is 78.9 Å². The zero-order valence-electron chi connectivity index (χ0n) is 8.33. The van der Waals surface area contributed by atoms with E-state index in [9.17, 15) is 0 Å². The highest BCUT2D eigenvalue weighted by atomic mass is 15.3. The molecule has 1 aromatic rings. The number of rotatable bonds is 4. The van der Waals surface area contributed by atoms with Crippen LogP contribution in [0.3, 0.4) is 0 Å². The van der Waals surface area contributed by atoms with Gasteiger partial charge in [0.05, 0.1) is 6.20 Å². The largest absolute Gasteiger partial charge is 0.384 e. The maximum atomic E-state index is 5.88. The van der Waals surface area contributed by atoms with E-state index in [0.29, 0.717) is 12.5 Å². The van der Waals surface area contributed by atoms with Crippen molar-refractivity contribution in [1.82, 2.24) is 9.78 Å². The average molecular weight is 182 g/mol. The van der Waals surface area contributed by atoms with E-state index in [4.69, 9.17) is 11.5 Å². The molecule has 4 heteroatoms. The highest BCUT2D eigenvalue weighted by molar-refractivity contribution is 5.38. The molecule has 1 heterocycles. The summed E-state index contributed by atoms with van der Waals surface area (Å²) >= 11 is 0. The summed E-state index contributed by atoms with van der Waals surface area (Å²) in [6.07, 6.45) is 2.62. The molecule has 1 rings (SSSR count). The molecule has 0 spiro atoms. The number of anilines is 1. The molecule has 0 aliphatic carbocycles. The lowest BCUT2D eigenvalue weighted by atomic mass is 10.2. The zero-order valence-corrected chi connectivity index (χ0v) is 8.33. The fourth-order valence-electron chi connectivity index (χ4n) is 1.27. The second-order valence-corrected chi connectivity index (χ2v) is 3.67. The Balaban J connectivity index is 2.74. The second kappa shape index (κ2) is 4.28. The first-order valence-electron chi connectivity index (χ1n) is 4.65. The number of hydrogen-bond acceptors (Lipinski definition) is 3. The summed E-state index contributed by atoms with van der Waals surface area (Å²) in [6.45, 7) is 5.78. The number of aromatic nitrogens is 2. The number of nitrogen functional groups attached to an aromatic ring is 1. The van der Waals surface area contributed by atoms with Gasteiger partial charge in [0.2, 0.25) is 0 Å². The summed E-state index contributed by atoms with van der Waals surface area (Å²) in [6, 6.07) is 0. The van der Waals surface area contributed by atoms with Crippen LogP contribution < -0.4 is 11.5 Å². The van der Waals surface area contributed by atoms with Gasteiger partial charge >= 0.3 is 0 Å². The van der Waals surface area contributed by atoms with Crippen molar-refractivity contribution in [3.05, 3.63) is 11.8 Å². The minimum Gasteiger partial charge on any atom is -0.384 e. The molecule has 0 aromatic carbocycles. The average Bonchev–Trinajstić information content (AvgIpc) is 2.36. The van der Waals surface area contributed by atoms with E-state index in [1.54, 1.807) is 0 Å². The topological polar surface area (TPSA) is 69.9 Å². The number of hydrogen-bond donors (Lipinski definition) is 2. The van der Waals surface area contributed by atoms with Crippen LogP contribution in [0, 0.1) is 5.92 Å². The Morgan fingerprint density at radius 2 is 2.23 bits per heavy atom. The third kappa shape index (κ3) is 2.45. The molecule has 4 N–H and O–H groups in total. The quantitative estimate of drug-likeness (QED) is 0.717. The lowest BCUT2D eigenvalue weighted by Gasteiger charge is -2.07. The fraction of sp³-hybridized carbons (Fsp3) is 0.667. The van der Waals surface area contributed by atoms with E-state index >= 15 is 0 Å². The van der Waals surface area contributed by atoms with Crippen LogP contribution in [0.4, 0.5) is 5.82 Å². The predicted molar refractivity (Wildman–Crippen MR) is 54.2 cm³/mol. The molecule has 0 saturated carbocycles. The van der Waals surface area contributed by atoms with Crippen LogP contribution in [0.1, 0.15) is 19.4 Å². The zero-order chi connectivity index (χ0) is 9.84. The Bertz CT molecular complexity index is 265. The normalized spacial score (nSPS) is 11.1. The summed E-state index contributed by atoms with van der Waals surface area (Å²) in [5, 5.41) is 4.21. The van der Waals surface area contributed by atoms with Crippen molar-refractivity contribution in [2.24, 2.45) is 11.7 Å². The number of nitrogens with two attached hydrogens (primary N) is 2. The summed E-state index contributed by atoms with van der Waals surface area (Å²) < 4.78 is 1.84. The van der Waals surface area contributed by atoms with E-state index in [0.717, 1.165) is 24.3 Å². The molecular formula is C9H18N4. The van der Waals surface area contributed by atoms with Crippen LogP contribution in [-0.2, 0) is 13.0 Å². The summed E-state index contributed by atoms with van der Waals surface area (Å²) in [5.41, 5.74) is 12.4. The third-order valence-corrected chi connectivity index (χ3v) is 1.91. The molecule has 0 saturated heterocycles. The van der Waals surface area contributed by atoms with Crippen LogP contribution in [0.15, 0.2) is 6.20 Å². The SMILES string of the molecule is CC(C)Cn1ncc(CCN)c1N. The van der Waals surface area contributed by atoms with Crippen LogP contribution in [-0.4, -0.2) is 16.3 Å². The first-order chi connectivity index (χ1) is 6.15. The first kappa shape index (κ1) is 10.1. The third-order valence-electron chi connectivity index (χ3n) is 1.91. The first-order valence-corrected chi connectivity index (χ1v) is 4.65. The van der Waals surface area contributed by atoms with Crippen LogP contribution in [0.25, 0.3) is 0 Å². The van der Waals surface area contributed by atoms with Crippen molar-refractivity contribution in [3.63, 3.8) is 0 Å². The molecule has 0 bridgehead atoms. The maximum absolute atomic E-state index is 5.88. The maximum Gasteiger partial charge on any atom is 0.124 e. The lowest BCUT2D eigenvalue weighted by Crippen LogP contribution is -2.10. The highest BCUT2D eigenvalue weighted by Crippen LogP contribution is 2.12. The van der Waals surface area contributed by atoms with E-state index in [-0.39, 0.29) is 0 Å². The molecule has 74 valence electrons. The molecule has 0 atom stereocenters. The Morgan fingerprint density at radius 3 is 2.77 bits per heavy atom. The molecule has 0 aliphatic rings. The van der Waals surface area contributed by atoms with Gasteiger partial charge in [-0.3, -0.25) is 0 Å². The second-order valence-electron chi connectivity index (χ2n) is 3.67. The van der Waals surface area contributed by atoms with Gasteiger partial charge in [0, 0.05) is 12.1 Å². The molecule has 0 unspecified atom stereocenters. The molecule has 0 aliphatic heterocycles. The summed E-state index contributed by atoms with van der Waals surface area (Å²) in [7, 11) is 0. The molecule has 0 fully saturated rings. The highest BCUT2D eigenvalue weighted by Gasteiger charge is 2.07. The van der Waals surface area contributed by atoms with Crippen molar-refractivity contribution >= 4 is 5.82 Å². The predicted octanol–water partition coefficient (Wildman–Crippen LogP) is 0.623. The molecular weight excluding hydrogens is 164 g/mol. The minimum absolute atomic E-state index is 0.563. The van der Waals surface area contributed by atoms with Gasteiger partial charge in [0.15, 0.2) is 0 Å². The molecule has 4 nitrogen and oxygen atoms in total. The van der Waals surface area contributed by atoms with Crippen LogP contribution in [0.2, 0.25) is 0 Å². The van der Waals surface area contributed by atoms with Crippen molar-refractivity contribution in [2.45, 2.75) is 26.8 Å². The summed E-state index contributed by atoms with van der Waals surface area (Å²) in [4.78, 5) is 0. The van der Waals surface area contributed by atoms with Gasteiger partial charge in [-0.2, -0.15) is 5.10 Å². The van der Waals surface area contributed by atoms with Crippen molar-refractivity contribution < 1.29 is 0 Å². The standard InChI is InChI=1S/C9H18N4/c1-7(2)6-13-9(11)8(3-4-10)5-12-13/h5,7H,3-4,6,10-11H2,1-2H3. The van der Waals surface area contributed by atoms with Crippen molar-refractivity contribution in [2.75, 3.05) is 12.3 Å². The Hall–Kier alpha value is -1.03. The monoisotopic (exact) mass is 182 g/mol. The molecule has 0 radical (unpaired) electrons. The Morgan fingerprint density at radius 1 is 1.54 bits per heavy atom. The molecule has 13 heavy (non-hydrogen) atoms. The van der Waals surface area contributed by atoms with Crippen molar-refractivity contribution in [1.29, 1.82) is 0 Å². The Kier molecular flexibility index (Phi) is 3.31. The van der Waals surface area contributed by atoms with Gasteiger partial charge in [0.25, 0.3) is 0 Å². The molecule has 1 aromatic heterocycles. The summed E-state index contributed by atoms with van der Waals surface area (Å²) in [5.74, 6) is 1.33. The van der Waals surface area contributed by atoms with Crippen molar-refractivity contribution in [3.8, 4) is 0 Å². The van der Waals surface area contributed by atoms with Gasteiger partial charge in [-0.15, -0.1) is 0 Å².